The van der Waals surface area contributed by atoms with E-state index in [-0.39, 0.29) is 16.9 Å². The molecule has 0 aliphatic carbocycles. The average Bonchev–Trinajstić information content (AvgIpc) is 2.15. The SMILES string of the molecule is Cc1c(NC[C@@H](N)C(C)(C)C)c(=O)c1=O. The van der Waals surface area contributed by atoms with E-state index in [0.717, 1.165) is 0 Å². The fourth-order valence-corrected chi connectivity index (χ4v) is 1.24. The van der Waals surface area contributed by atoms with E-state index >= 15 is 0 Å². The van der Waals surface area contributed by atoms with Crippen molar-refractivity contribution in [3.05, 3.63) is 26.0 Å². The quantitative estimate of drug-likeness (QED) is 0.707. The first-order valence-electron chi connectivity index (χ1n) is 5.04. The van der Waals surface area contributed by atoms with Crippen molar-refractivity contribution >= 4 is 5.69 Å². The molecule has 0 aliphatic rings. The molecule has 84 valence electrons. The third kappa shape index (κ3) is 2.26. The van der Waals surface area contributed by atoms with Gasteiger partial charge in [-0.15, -0.1) is 0 Å². The summed E-state index contributed by atoms with van der Waals surface area (Å²) in [6.07, 6.45) is 0. The Hall–Kier alpha value is -1.16. The lowest BCUT2D eigenvalue weighted by Gasteiger charge is -2.27. The zero-order valence-corrected chi connectivity index (χ0v) is 9.68. The van der Waals surface area contributed by atoms with Crippen molar-refractivity contribution in [3.8, 4) is 0 Å². The van der Waals surface area contributed by atoms with E-state index in [1.54, 1.807) is 6.92 Å². The summed E-state index contributed by atoms with van der Waals surface area (Å²) in [5.41, 5.74) is 6.04. The Morgan fingerprint density at radius 3 is 2.20 bits per heavy atom. The van der Waals surface area contributed by atoms with Gasteiger partial charge >= 0.3 is 0 Å². The summed E-state index contributed by atoms with van der Waals surface area (Å²) in [7, 11) is 0. The summed E-state index contributed by atoms with van der Waals surface area (Å²) < 4.78 is 0. The van der Waals surface area contributed by atoms with Crippen LogP contribution in [0.5, 0.6) is 0 Å². The van der Waals surface area contributed by atoms with Gasteiger partial charge in [0.25, 0.3) is 0 Å². The van der Waals surface area contributed by atoms with Crippen LogP contribution in [0.4, 0.5) is 5.69 Å². The van der Waals surface area contributed by atoms with Gasteiger partial charge in [0.1, 0.15) is 0 Å². The Bertz CT molecular complexity index is 422. The number of nitrogens with two attached hydrogens (primary N) is 1. The standard InChI is InChI=1S/C11H18N2O2/c1-6-8(10(15)9(6)14)13-5-7(12)11(2,3)4/h7,13H,5,12H2,1-4H3/t7-/m1/s1. The molecule has 15 heavy (non-hydrogen) atoms. The molecule has 4 heteroatoms. The van der Waals surface area contributed by atoms with Crippen LogP contribution in [0.15, 0.2) is 9.59 Å². The summed E-state index contributed by atoms with van der Waals surface area (Å²) in [4.78, 5) is 22.1. The van der Waals surface area contributed by atoms with Crippen LogP contribution in [0.2, 0.25) is 0 Å². The van der Waals surface area contributed by atoms with Gasteiger partial charge in [-0.2, -0.15) is 0 Å². The molecule has 0 saturated carbocycles. The molecule has 0 amide bonds. The first-order chi connectivity index (χ1) is 6.75. The highest BCUT2D eigenvalue weighted by molar-refractivity contribution is 5.55. The zero-order chi connectivity index (χ0) is 11.8. The third-order valence-electron chi connectivity index (χ3n) is 2.76. The number of rotatable bonds is 3. The molecule has 1 rings (SSSR count). The summed E-state index contributed by atoms with van der Waals surface area (Å²) in [6, 6.07) is -0.0543. The number of hydrogen-bond acceptors (Lipinski definition) is 4. The molecule has 0 fully saturated rings. The van der Waals surface area contributed by atoms with Crippen LogP contribution in [0.1, 0.15) is 26.3 Å². The number of hydrogen-bond donors (Lipinski definition) is 2. The van der Waals surface area contributed by atoms with Gasteiger partial charge in [0, 0.05) is 18.2 Å². The average molecular weight is 210 g/mol. The molecule has 0 unspecified atom stereocenters. The molecule has 1 atom stereocenters. The van der Waals surface area contributed by atoms with Gasteiger partial charge < -0.3 is 11.1 Å². The van der Waals surface area contributed by atoms with Gasteiger partial charge in [0.2, 0.25) is 10.9 Å². The first-order valence-corrected chi connectivity index (χ1v) is 5.04. The van der Waals surface area contributed by atoms with E-state index < -0.39 is 5.43 Å². The van der Waals surface area contributed by atoms with Crippen LogP contribution in [-0.2, 0) is 0 Å². The molecule has 0 spiro atoms. The summed E-state index contributed by atoms with van der Waals surface area (Å²) in [6.45, 7) is 8.26. The molecule has 0 bridgehead atoms. The van der Waals surface area contributed by atoms with Crippen LogP contribution < -0.4 is 21.9 Å². The Balaban J connectivity index is 2.61. The molecule has 0 heterocycles. The van der Waals surface area contributed by atoms with Gasteiger partial charge in [0.15, 0.2) is 0 Å². The molecule has 4 nitrogen and oxygen atoms in total. The zero-order valence-electron chi connectivity index (χ0n) is 9.68. The van der Waals surface area contributed by atoms with Gasteiger partial charge in [-0.1, -0.05) is 20.8 Å². The highest BCUT2D eigenvalue weighted by Crippen LogP contribution is 2.17. The predicted molar refractivity (Wildman–Crippen MR) is 62.0 cm³/mol. The van der Waals surface area contributed by atoms with E-state index in [9.17, 15) is 9.59 Å². The third-order valence-corrected chi connectivity index (χ3v) is 2.76. The van der Waals surface area contributed by atoms with Gasteiger partial charge in [-0.3, -0.25) is 9.59 Å². The minimum absolute atomic E-state index is 0.0156. The fourth-order valence-electron chi connectivity index (χ4n) is 1.24. The highest BCUT2D eigenvalue weighted by atomic mass is 16.2. The largest absolute Gasteiger partial charge is 0.380 e. The van der Waals surface area contributed by atoms with Crippen molar-refractivity contribution in [2.45, 2.75) is 33.7 Å². The van der Waals surface area contributed by atoms with Crippen LogP contribution in [0.25, 0.3) is 0 Å². The van der Waals surface area contributed by atoms with E-state index in [1.165, 1.54) is 0 Å². The maximum absolute atomic E-state index is 11.1. The van der Waals surface area contributed by atoms with Crippen molar-refractivity contribution in [1.29, 1.82) is 0 Å². The smallest absolute Gasteiger partial charge is 0.249 e. The minimum Gasteiger partial charge on any atom is -0.380 e. The molecule has 1 aromatic carbocycles. The lowest BCUT2D eigenvalue weighted by Crippen LogP contribution is -2.44. The Kier molecular flexibility index (Phi) is 3.00. The Labute approximate surface area is 89.2 Å². The molecule has 0 aromatic heterocycles. The molecule has 0 saturated heterocycles. The highest BCUT2D eigenvalue weighted by Gasteiger charge is 2.22. The summed E-state index contributed by atoms with van der Waals surface area (Å²) in [5, 5.41) is 2.94. The Morgan fingerprint density at radius 1 is 1.27 bits per heavy atom. The number of anilines is 1. The first kappa shape index (κ1) is 11.9. The van der Waals surface area contributed by atoms with Gasteiger partial charge in [-0.05, 0) is 12.3 Å². The predicted octanol–water partition coefficient (Wildman–Crippen LogP) is 0.376. The second kappa shape index (κ2) is 3.77. The van der Waals surface area contributed by atoms with Crippen LogP contribution >= 0.6 is 0 Å². The molecule has 3 N–H and O–H groups in total. The lowest BCUT2D eigenvalue weighted by molar-refractivity contribution is 0.331. The fraction of sp³-hybridized carbons (Fsp3) is 0.636. The second-order valence-corrected chi connectivity index (χ2v) is 5.01. The van der Waals surface area contributed by atoms with Crippen molar-refractivity contribution in [1.82, 2.24) is 0 Å². The maximum Gasteiger partial charge on any atom is 0.249 e. The lowest BCUT2D eigenvalue weighted by atomic mass is 9.87. The topological polar surface area (TPSA) is 72.2 Å². The second-order valence-electron chi connectivity index (χ2n) is 5.01. The van der Waals surface area contributed by atoms with Crippen molar-refractivity contribution < 1.29 is 0 Å². The van der Waals surface area contributed by atoms with Crippen LogP contribution in [0.3, 0.4) is 0 Å². The van der Waals surface area contributed by atoms with E-state index in [4.69, 9.17) is 5.73 Å². The van der Waals surface area contributed by atoms with Crippen LogP contribution in [0, 0.1) is 12.3 Å². The van der Waals surface area contributed by atoms with Gasteiger partial charge in [0.05, 0.1) is 5.69 Å². The maximum atomic E-state index is 11.1. The van der Waals surface area contributed by atoms with Crippen molar-refractivity contribution in [2.75, 3.05) is 11.9 Å². The number of nitrogens with one attached hydrogen (secondary N) is 1. The molecule has 0 radical (unpaired) electrons. The normalized spacial score (nSPS) is 14.2. The monoisotopic (exact) mass is 210 g/mol. The van der Waals surface area contributed by atoms with Crippen LogP contribution in [-0.4, -0.2) is 12.6 Å². The van der Waals surface area contributed by atoms with E-state index in [0.29, 0.717) is 17.8 Å². The summed E-state index contributed by atoms with van der Waals surface area (Å²) in [5.74, 6) is 0. The molecular formula is C11H18N2O2. The summed E-state index contributed by atoms with van der Waals surface area (Å²) >= 11 is 0. The molecular weight excluding hydrogens is 192 g/mol. The molecule has 0 aliphatic heterocycles. The Morgan fingerprint density at radius 2 is 1.80 bits per heavy atom. The minimum atomic E-state index is -0.423. The van der Waals surface area contributed by atoms with Crippen molar-refractivity contribution in [2.24, 2.45) is 11.1 Å². The van der Waals surface area contributed by atoms with E-state index in [2.05, 4.69) is 5.32 Å². The molecule has 1 aromatic rings. The van der Waals surface area contributed by atoms with Gasteiger partial charge in [-0.25, -0.2) is 0 Å². The van der Waals surface area contributed by atoms with E-state index in [1.807, 2.05) is 20.8 Å². The van der Waals surface area contributed by atoms with Crippen molar-refractivity contribution in [3.63, 3.8) is 0 Å².